The second-order valence-electron chi connectivity index (χ2n) is 4.19. The Morgan fingerprint density at radius 3 is 2.65 bits per heavy atom. The van der Waals surface area contributed by atoms with Crippen molar-refractivity contribution in [2.45, 2.75) is 10.6 Å². The van der Waals surface area contributed by atoms with E-state index in [9.17, 15) is 13.2 Å². The van der Waals surface area contributed by atoms with Crippen LogP contribution in [-0.4, -0.2) is 29.3 Å². The van der Waals surface area contributed by atoms with Gasteiger partial charge in [-0.2, -0.15) is 5.10 Å². The van der Waals surface area contributed by atoms with Gasteiger partial charge in [-0.05, 0) is 40.2 Å². The van der Waals surface area contributed by atoms with Crippen molar-refractivity contribution in [1.82, 2.24) is 9.78 Å². The summed E-state index contributed by atoms with van der Waals surface area (Å²) < 4.78 is 26.3. The summed E-state index contributed by atoms with van der Waals surface area (Å²) in [6.07, 6.45) is 1.65. The summed E-state index contributed by atoms with van der Waals surface area (Å²) in [7, 11) is -1.94. The largest absolute Gasteiger partial charge is 0.478 e. The number of carboxylic acids is 1. The highest BCUT2D eigenvalue weighted by Crippen LogP contribution is 2.23. The summed E-state index contributed by atoms with van der Waals surface area (Å²) in [6, 6.07) is 5.53. The molecule has 0 amide bonds. The molecule has 1 aromatic heterocycles. The van der Waals surface area contributed by atoms with Gasteiger partial charge in [0.05, 0.1) is 21.9 Å². The molecule has 6 nitrogen and oxygen atoms in total. The number of benzene rings is 1. The Balaban J connectivity index is 2.39. The van der Waals surface area contributed by atoms with E-state index >= 15 is 0 Å². The van der Waals surface area contributed by atoms with Crippen molar-refractivity contribution in [3.05, 3.63) is 46.2 Å². The fraction of sp³-hybridized carbons (Fsp3) is 0.167. The molecule has 1 N–H and O–H groups in total. The third-order valence-electron chi connectivity index (χ3n) is 2.63. The predicted octanol–water partition coefficient (Wildman–Crippen LogP) is 1.85. The first-order chi connectivity index (χ1) is 9.29. The van der Waals surface area contributed by atoms with Crippen LogP contribution in [0, 0.1) is 0 Å². The van der Waals surface area contributed by atoms with E-state index in [1.54, 1.807) is 19.3 Å². The molecule has 0 spiro atoms. The van der Waals surface area contributed by atoms with E-state index < -0.39 is 15.8 Å². The molecule has 1 aromatic carbocycles. The molecule has 8 heteroatoms. The number of halogens is 1. The van der Waals surface area contributed by atoms with Crippen LogP contribution >= 0.6 is 15.9 Å². The van der Waals surface area contributed by atoms with Gasteiger partial charge in [-0.1, -0.05) is 0 Å². The first-order valence-corrected chi connectivity index (χ1v) is 7.98. The Bertz CT molecular complexity index is 768. The average molecular weight is 359 g/mol. The molecule has 0 fully saturated rings. The van der Waals surface area contributed by atoms with Crippen LogP contribution in [0.15, 0.2) is 39.8 Å². The van der Waals surface area contributed by atoms with Gasteiger partial charge in [-0.15, -0.1) is 0 Å². The lowest BCUT2D eigenvalue weighted by Gasteiger charge is -2.05. The maximum absolute atomic E-state index is 12.2. The van der Waals surface area contributed by atoms with Crippen LogP contribution in [0.5, 0.6) is 0 Å². The van der Waals surface area contributed by atoms with Crippen molar-refractivity contribution in [2.24, 2.45) is 7.05 Å². The molecule has 0 saturated carbocycles. The first kappa shape index (κ1) is 14.7. The number of sulfone groups is 1. The molecular formula is C12H11BrN2O4S. The molecule has 106 valence electrons. The van der Waals surface area contributed by atoms with Crippen molar-refractivity contribution in [3.8, 4) is 0 Å². The van der Waals surface area contributed by atoms with Gasteiger partial charge in [0.25, 0.3) is 0 Å². The highest BCUT2D eigenvalue weighted by Gasteiger charge is 2.20. The fourth-order valence-corrected chi connectivity index (χ4v) is 3.38. The number of carbonyl (C=O) groups is 1. The predicted molar refractivity (Wildman–Crippen MR) is 75.2 cm³/mol. The monoisotopic (exact) mass is 358 g/mol. The summed E-state index contributed by atoms with van der Waals surface area (Å²) >= 11 is 3.08. The van der Waals surface area contributed by atoms with E-state index in [-0.39, 0.29) is 16.2 Å². The second kappa shape index (κ2) is 5.37. The smallest absolute Gasteiger partial charge is 0.336 e. The van der Waals surface area contributed by atoms with E-state index in [0.717, 1.165) is 6.07 Å². The fourth-order valence-electron chi connectivity index (χ4n) is 1.68. The standard InChI is InChI=1S/C12H11BrN2O4S/c1-15-5-4-8(14-15)7-20(18,19)9-2-3-11(13)10(6-9)12(16)17/h2-6H,7H2,1H3,(H,16,17). The Hall–Kier alpha value is -1.67. The van der Waals surface area contributed by atoms with E-state index in [0.29, 0.717) is 10.2 Å². The lowest BCUT2D eigenvalue weighted by atomic mass is 10.2. The summed E-state index contributed by atoms with van der Waals surface area (Å²) in [5.74, 6) is -1.46. The lowest BCUT2D eigenvalue weighted by molar-refractivity contribution is 0.0695. The van der Waals surface area contributed by atoms with Gasteiger partial charge in [0.1, 0.15) is 0 Å². The van der Waals surface area contributed by atoms with Gasteiger partial charge in [0.2, 0.25) is 0 Å². The van der Waals surface area contributed by atoms with Crippen molar-refractivity contribution in [3.63, 3.8) is 0 Å². The van der Waals surface area contributed by atoms with Gasteiger partial charge in [0, 0.05) is 17.7 Å². The number of aromatic nitrogens is 2. The second-order valence-corrected chi connectivity index (χ2v) is 7.03. The van der Waals surface area contributed by atoms with Gasteiger partial charge < -0.3 is 5.11 Å². The molecule has 2 rings (SSSR count). The average Bonchev–Trinajstić information content (AvgIpc) is 2.73. The molecule has 0 atom stereocenters. The maximum atomic E-state index is 12.2. The van der Waals surface area contributed by atoms with Crippen molar-refractivity contribution in [1.29, 1.82) is 0 Å². The number of aromatic carboxylic acids is 1. The Morgan fingerprint density at radius 2 is 2.10 bits per heavy atom. The molecular weight excluding hydrogens is 348 g/mol. The van der Waals surface area contributed by atoms with E-state index in [4.69, 9.17) is 5.11 Å². The highest BCUT2D eigenvalue weighted by molar-refractivity contribution is 9.10. The minimum Gasteiger partial charge on any atom is -0.478 e. The number of hydrogen-bond acceptors (Lipinski definition) is 4. The number of nitrogens with zero attached hydrogens (tertiary/aromatic N) is 2. The third-order valence-corrected chi connectivity index (χ3v) is 4.97. The van der Waals surface area contributed by atoms with E-state index in [2.05, 4.69) is 21.0 Å². The van der Waals surface area contributed by atoms with Crippen LogP contribution in [0.3, 0.4) is 0 Å². The molecule has 0 aliphatic carbocycles. The normalized spacial score (nSPS) is 11.5. The number of hydrogen-bond donors (Lipinski definition) is 1. The van der Waals surface area contributed by atoms with Gasteiger partial charge in [-0.3, -0.25) is 4.68 Å². The van der Waals surface area contributed by atoms with Gasteiger partial charge in [0.15, 0.2) is 9.84 Å². The third kappa shape index (κ3) is 3.07. The van der Waals surface area contributed by atoms with Gasteiger partial charge in [-0.25, -0.2) is 13.2 Å². The van der Waals surface area contributed by atoms with Crippen LogP contribution in [0.4, 0.5) is 0 Å². The molecule has 2 aromatic rings. The van der Waals surface area contributed by atoms with Crippen molar-refractivity contribution < 1.29 is 18.3 Å². The minimum absolute atomic E-state index is 0.0382. The van der Waals surface area contributed by atoms with E-state index in [1.165, 1.54) is 16.8 Å². The Labute approximate surface area is 124 Å². The van der Waals surface area contributed by atoms with Crippen LogP contribution in [0.2, 0.25) is 0 Å². The SMILES string of the molecule is Cn1ccc(CS(=O)(=O)c2ccc(Br)c(C(=O)O)c2)n1. The topological polar surface area (TPSA) is 89.3 Å². The molecule has 0 saturated heterocycles. The van der Waals surface area contributed by atoms with Crippen LogP contribution in [-0.2, 0) is 22.6 Å². The Kier molecular flexibility index (Phi) is 3.96. The first-order valence-electron chi connectivity index (χ1n) is 5.54. The number of aryl methyl sites for hydroxylation is 1. The summed E-state index contributed by atoms with van der Waals surface area (Å²) in [4.78, 5) is 11.0. The summed E-state index contributed by atoms with van der Waals surface area (Å²) in [5, 5.41) is 13.0. The van der Waals surface area contributed by atoms with Crippen LogP contribution in [0.25, 0.3) is 0 Å². The number of rotatable bonds is 4. The maximum Gasteiger partial charge on any atom is 0.336 e. The lowest BCUT2D eigenvalue weighted by Crippen LogP contribution is -2.08. The minimum atomic E-state index is -3.63. The van der Waals surface area contributed by atoms with Gasteiger partial charge >= 0.3 is 5.97 Å². The molecule has 0 unspecified atom stereocenters. The molecule has 1 heterocycles. The molecule has 0 radical (unpaired) electrons. The van der Waals surface area contributed by atoms with Crippen LogP contribution in [0.1, 0.15) is 16.1 Å². The zero-order valence-corrected chi connectivity index (χ0v) is 12.8. The molecule has 0 aliphatic heterocycles. The quantitative estimate of drug-likeness (QED) is 0.900. The zero-order chi connectivity index (χ0) is 14.9. The summed E-state index contributed by atoms with van der Waals surface area (Å²) in [6.45, 7) is 0. The molecule has 0 bridgehead atoms. The summed E-state index contributed by atoms with van der Waals surface area (Å²) in [5.41, 5.74) is 0.319. The Morgan fingerprint density at radius 1 is 1.40 bits per heavy atom. The van der Waals surface area contributed by atoms with Crippen LogP contribution < -0.4 is 0 Å². The van der Waals surface area contributed by atoms with E-state index in [1.807, 2.05) is 0 Å². The van der Waals surface area contributed by atoms with Crippen molar-refractivity contribution >= 4 is 31.7 Å². The van der Waals surface area contributed by atoms with Crippen molar-refractivity contribution in [2.75, 3.05) is 0 Å². The zero-order valence-electron chi connectivity index (χ0n) is 10.4. The number of carboxylic acid groups (broad SMARTS) is 1. The molecule has 0 aliphatic rings. The molecule has 20 heavy (non-hydrogen) atoms. The highest BCUT2D eigenvalue weighted by atomic mass is 79.9.